The molecule has 38 valence electrons. The summed E-state index contributed by atoms with van der Waals surface area (Å²) in [5, 5.41) is 0. The molecule has 4 heteroatoms. The van der Waals surface area contributed by atoms with E-state index >= 15 is 0 Å². The molecule has 0 aromatic rings. The van der Waals surface area contributed by atoms with E-state index in [2.05, 4.69) is 18.4 Å². The van der Waals surface area contributed by atoms with Crippen molar-refractivity contribution in [1.82, 2.24) is 0 Å². The first-order valence-corrected chi connectivity index (χ1v) is 1.80. The third kappa shape index (κ3) is 8.82. The van der Waals surface area contributed by atoms with Crippen LogP contribution in [0.15, 0.2) is 0 Å². The van der Waals surface area contributed by atoms with E-state index in [1.54, 1.807) is 0 Å². The fraction of sp³-hybridized carbons (Fsp3) is 0.500. The van der Waals surface area contributed by atoms with E-state index in [0.717, 1.165) is 0 Å². The molecule has 0 aliphatic rings. The number of carbonyl (C=O) groups excluding carboxylic acids is 1. The van der Waals surface area contributed by atoms with Gasteiger partial charge in [0.05, 0.1) is 5.75 Å². The normalized spacial score (nSPS) is 6.17. The van der Waals surface area contributed by atoms with Gasteiger partial charge in [0.25, 0.3) is 0 Å². The third-order valence-electron chi connectivity index (χ3n) is 0.156. The van der Waals surface area contributed by atoms with Crippen molar-refractivity contribution >= 4 is 42.4 Å². The van der Waals surface area contributed by atoms with Gasteiger partial charge in [-0.3, -0.25) is 4.79 Å². The molecule has 2 nitrogen and oxygen atoms in total. The molecule has 0 heterocycles. The van der Waals surface area contributed by atoms with Crippen molar-refractivity contribution in [2.24, 2.45) is 5.73 Å². The molecule has 0 bridgehead atoms. The molecule has 6 heavy (non-hydrogen) atoms. The van der Waals surface area contributed by atoms with Gasteiger partial charge in [-0.1, -0.05) is 0 Å². The summed E-state index contributed by atoms with van der Waals surface area (Å²) in [4.78, 5) is 9.51. The minimum atomic E-state index is -0.381. The number of hydrogen-bond donors (Lipinski definition) is 2. The van der Waals surface area contributed by atoms with Crippen LogP contribution in [0.4, 0.5) is 0 Å². The van der Waals surface area contributed by atoms with E-state index in [9.17, 15) is 4.79 Å². The van der Waals surface area contributed by atoms with Crippen LogP contribution < -0.4 is 5.73 Å². The summed E-state index contributed by atoms with van der Waals surface area (Å²) >= 11 is 3.54. The average molecular weight is 214 g/mol. The summed E-state index contributed by atoms with van der Waals surface area (Å²) in [5.41, 5.74) is 4.58. The van der Waals surface area contributed by atoms with Crippen molar-refractivity contribution in [2.45, 2.75) is 0 Å². The maximum absolute atomic E-state index is 9.51. The first kappa shape index (κ1) is 9.80. The molecule has 0 aromatic heterocycles. The van der Waals surface area contributed by atoms with Crippen molar-refractivity contribution in [3.8, 4) is 0 Å². The number of carbonyl (C=O) groups is 1. The third-order valence-corrected chi connectivity index (χ3v) is 0.468. The molecule has 0 saturated carbocycles. The van der Waals surface area contributed by atoms with E-state index in [0.29, 0.717) is 0 Å². The first-order chi connectivity index (χ1) is 2.27. The second-order valence-corrected chi connectivity index (χ2v) is 0.941. The Morgan fingerprint density at radius 1 is 1.83 bits per heavy atom. The van der Waals surface area contributed by atoms with E-state index in [1.165, 1.54) is 0 Å². The first-order valence-electron chi connectivity index (χ1n) is 1.16. The zero-order chi connectivity index (χ0) is 4.28. The Balaban J connectivity index is 0. The van der Waals surface area contributed by atoms with Crippen LogP contribution in [0, 0.1) is 0 Å². The molecular formula is C2H9NOSSn. The van der Waals surface area contributed by atoms with E-state index in [-0.39, 0.29) is 35.6 Å². The molecule has 0 fully saturated rings. The summed E-state index contributed by atoms with van der Waals surface area (Å²) in [6.45, 7) is 0. The summed E-state index contributed by atoms with van der Waals surface area (Å²) in [6, 6.07) is 0. The molecule has 0 unspecified atom stereocenters. The van der Waals surface area contributed by atoms with Gasteiger partial charge in [-0.25, -0.2) is 0 Å². The standard InChI is InChI=1S/C2H5NOS.Sn.4H/c3-2(4)1-5;;;;;/h5H,1H2,(H2,3,4);;;;;. The summed E-state index contributed by atoms with van der Waals surface area (Å²) in [7, 11) is 0. The van der Waals surface area contributed by atoms with Crippen LogP contribution in [0.25, 0.3) is 0 Å². The van der Waals surface area contributed by atoms with Gasteiger partial charge in [0.15, 0.2) is 0 Å². The van der Waals surface area contributed by atoms with E-state index < -0.39 is 0 Å². The zero-order valence-corrected chi connectivity index (χ0v) is 3.53. The quantitative estimate of drug-likeness (QED) is 0.383. The van der Waals surface area contributed by atoms with Crippen molar-refractivity contribution < 1.29 is 4.79 Å². The minimum absolute atomic E-state index is 0. The van der Waals surface area contributed by atoms with Gasteiger partial charge in [0.2, 0.25) is 5.91 Å². The van der Waals surface area contributed by atoms with Gasteiger partial charge in [0.1, 0.15) is 0 Å². The van der Waals surface area contributed by atoms with Gasteiger partial charge in [-0.05, 0) is 0 Å². The Morgan fingerprint density at radius 3 is 2.00 bits per heavy atom. The van der Waals surface area contributed by atoms with Crippen LogP contribution >= 0.6 is 12.6 Å². The molecule has 0 atom stereocenters. The van der Waals surface area contributed by atoms with Crippen LogP contribution in [0.2, 0.25) is 0 Å². The Hall–Kier alpha value is 0.619. The molecule has 1 amide bonds. The molecular weight excluding hydrogens is 205 g/mol. The molecule has 0 aliphatic carbocycles. The van der Waals surface area contributed by atoms with Crippen molar-refractivity contribution in [2.75, 3.05) is 5.75 Å². The molecule has 0 aliphatic heterocycles. The zero-order valence-electron chi connectivity index (χ0n) is 2.64. The Morgan fingerprint density at radius 2 is 2.00 bits per heavy atom. The topological polar surface area (TPSA) is 43.1 Å². The molecule has 0 saturated heterocycles. The Kier molecular flexibility index (Phi) is 9.17. The van der Waals surface area contributed by atoms with Gasteiger partial charge in [-0.15, -0.1) is 0 Å². The predicted molar refractivity (Wildman–Crippen MR) is 34.4 cm³/mol. The molecule has 0 spiro atoms. The van der Waals surface area contributed by atoms with Gasteiger partial charge in [-0.2, -0.15) is 12.6 Å². The molecule has 0 radical (unpaired) electrons. The number of nitrogens with two attached hydrogens (primary N) is 1. The van der Waals surface area contributed by atoms with Crippen molar-refractivity contribution in [1.29, 1.82) is 0 Å². The van der Waals surface area contributed by atoms with Crippen LogP contribution in [0.5, 0.6) is 0 Å². The van der Waals surface area contributed by atoms with Crippen LogP contribution in [-0.2, 0) is 4.79 Å². The van der Waals surface area contributed by atoms with Crippen LogP contribution in [0.3, 0.4) is 0 Å². The predicted octanol–water partition coefficient (Wildman–Crippen LogP) is -2.05. The van der Waals surface area contributed by atoms with Gasteiger partial charge < -0.3 is 5.73 Å². The van der Waals surface area contributed by atoms with Crippen LogP contribution in [-0.4, -0.2) is 35.6 Å². The summed E-state index contributed by atoms with van der Waals surface area (Å²) in [6.07, 6.45) is 0. The monoisotopic (exact) mass is 215 g/mol. The molecule has 2 N–H and O–H groups in total. The number of rotatable bonds is 1. The number of primary amides is 1. The number of hydrogen-bond acceptors (Lipinski definition) is 2. The second-order valence-electron chi connectivity index (χ2n) is 0.624. The average Bonchev–Trinajstić information content (AvgIpc) is 1.38. The van der Waals surface area contributed by atoms with Gasteiger partial charge in [0, 0.05) is 0 Å². The SMILES string of the molecule is NC(=O)CS.[SnH4]. The van der Waals surface area contributed by atoms with Crippen molar-refractivity contribution in [3.63, 3.8) is 0 Å². The fourth-order valence-electron chi connectivity index (χ4n) is 0. The second kappa shape index (κ2) is 5.62. The molecule has 0 rings (SSSR count). The Labute approximate surface area is 58.8 Å². The molecule has 0 aromatic carbocycles. The summed E-state index contributed by atoms with van der Waals surface area (Å²) in [5.74, 6) is -0.242. The number of amides is 1. The summed E-state index contributed by atoms with van der Waals surface area (Å²) < 4.78 is 0. The van der Waals surface area contributed by atoms with E-state index in [1.807, 2.05) is 0 Å². The van der Waals surface area contributed by atoms with Crippen LogP contribution in [0.1, 0.15) is 0 Å². The Bertz CT molecular complexity index is 48.8. The maximum atomic E-state index is 9.51. The van der Waals surface area contributed by atoms with Crippen molar-refractivity contribution in [3.05, 3.63) is 0 Å². The fourth-order valence-corrected chi connectivity index (χ4v) is 0. The van der Waals surface area contributed by atoms with Gasteiger partial charge >= 0.3 is 23.9 Å². The number of thiol groups is 1. The van der Waals surface area contributed by atoms with E-state index in [4.69, 9.17) is 0 Å².